The molecular formula is C24H40N2O3. The van der Waals surface area contributed by atoms with E-state index in [2.05, 4.69) is 31.0 Å². The quantitative estimate of drug-likeness (QED) is 0.529. The van der Waals surface area contributed by atoms with Gasteiger partial charge >= 0.3 is 0 Å². The highest BCUT2D eigenvalue weighted by Gasteiger charge is 2.34. The van der Waals surface area contributed by atoms with Crippen molar-refractivity contribution < 1.29 is 14.3 Å². The molecule has 0 radical (unpaired) electrons. The smallest absolute Gasteiger partial charge is 0.256 e. The third-order valence-electron chi connectivity index (χ3n) is 5.48. The van der Waals surface area contributed by atoms with Crippen LogP contribution in [-0.4, -0.2) is 49.3 Å². The third kappa shape index (κ3) is 7.98. The van der Waals surface area contributed by atoms with Gasteiger partial charge in [0.15, 0.2) is 0 Å². The molecule has 0 bridgehead atoms. The molecule has 1 aliphatic heterocycles. The van der Waals surface area contributed by atoms with Gasteiger partial charge in [-0.15, -0.1) is 0 Å². The Kier molecular flexibility index (Phi) is 9.44. The fraction of sp³-hybridized carbons (Fsp3) is 0.708. The summed E-state index contributed by atoms with van der Waals surface area (Å²) in [4.78, 5) is 15.3. The number of nitrogens with one attached hydrogen (secondary N) is 1. The molecule has 2 rings (SSSR count). The van der Waals surface area contributed by atoms with Crippen LogP contribution >= 0.6 is 0 Å². The van der Waals surface area contributed by atoms with E-state index >= 15 is 0 Å². The second-order valence-electron chi connectivity index (χ2n) is 8.99. The van der Waals surface area contributed by atoms with Crippen molar-refractivity contribution in [2.45, 2.75) is 65.9 Å². The third-order valence-corrected chi connectivity index (χ3v) is 5.48. The van der Waals surface area contributed by atoms with Crippen molar-refractivity contribution in [2.24, 2.45) is 11.8 Å². The molecule has 5 nitrogen and oxygen atoms in total. The zero-order valence-corrected chi connectivity index (χ0v) is 19.0. The van der Waals surface area contributed by atoms with Crippen LogP contribution in [0.3, 0.4) is 0 Å². The Morgan fingerprint density at radius 2 is 2.03 bits per heavy atom. The number of ether oxygens (including phenoxy) is 2. The normalized spacial score (nSPS) is 19.7. The maximum atomic E-state index is 12.8. The molecule has 0 unspecified atom stereocenters. The van der Waals surface area contributed by atoms with Crippen molar-refractivity contribution in [2.75, 3.05) is 38.2 Å². The standard InChI is InChI=1S/C24H40N2O3/c1-6-29-24(5,17-19(2)3)23(27)25-21-10-12-22(13-11-21)28-16-8-15-26-14-7-9-20(4)18-26/h10-13,19-20H,6-9,14-18H2,1-5H3,(H,25,27)/t20-,24+/m1/s1. The Hall–Kier alpha value is -1.59. The average molecular weight is 405 g/mol. The fourth-order valence-corrected chi connectivity index (χ4v) is 4.18. The minimum absolute atomic E-state index is 0.0996. The van der Waals surface area contributed by atoms with Gasteiger partial charge in [0.1, 0.15) is 11.4 Å². The largest absolute Gasteiger partial charge is 0.494 e. The molecule has 1 N–H and O–H groups in total. The van der Waals surface area contributed by atoms with E-state index < -0.39 is 5.60 Å². The summed E-state index contributed by atoms with van der Waals surface area (Å²) in [6, 6.07) is 7.61. The van der Waals surface area contributed by atoms with Crippen LogP contribution in [0.25, 0.3) is 0 Å². The van der Waals surface area contributed by atoms with Crippen LogP contribution in [0.2, 0.25) is 0 Å². The Balaban J connectivity index is 1.78. The first-order valence-corrected chi connectivity index (χ1v) is 11.2. The van der Waals surface area contributed by atoms with Gasteiger partial charge in [0.05, 0.1) is 6.61 Å². The van der Waals surface area contributed by atoms with Gasteiger partial charge in [-0.1, -0.05) is 20.8 Å². The van der Waals surface area contributed by atoms with Gasteiger partial charge < -0.3 is 19.7 Å². The van der Waals surface area contributed by atoms with Crippen LogP contribution in [0.4, 0.5) is 5.69 Å². The van der Waals surface area contributed by atoms with E-state index in [9.17, 15) is 4.79 Å². The van der Waals surface area contributed by atoms with Crippen LogP contribution in [0.1, 0.15) is 60.3 Å². The van der Waals surface area contributed by atoms with E-state index in [1.165, 1.54) is 25.9 Å². The first-order valence-electron chi connectivity index (χ1n) is 11.2. The summed E-state index contributed by atoms with van der Waals surface area (Å²) in [5.74, 6) is 1.93. The SMILES string of the molecule is CCO[C@@](C)(CC(C)C)C(=O)Nc1ccc(OCCCN2CCC[C@@H](C)C2)cc1. The molecule has 1 fully saturated rings. The van der Waals surface area contributed by atoms with Gasteiger partial charge in [0, 0.05) is 25.4 Å². The topological polar surface area (TPSA) is 50.8 Å². The maximum absolute atomic E-state index is 12.8. The second kappa shape index (κ2) is 11.6. The molecular weight excluding hydrogens is 364 g/mol. The van der Waals surface area contributed by atoms with E-state index in [1.807, 2.05) is 38.1 Å². The minimum atomic E-state index is -0.815. The number of hydrogen-bond acceptors (Lipinski definition) is 4. The molecule has 0 aromatic heterocycles. The molecule has 1 amide bonds. The lowest BCUT2D eigenvalue weighted by Crippen LogP contribution is -2.43. The number of amides is 1. The lowest BCUT2D eigenvalue weighted by molar-refractivity contribution is -0.140. The van der Waals surface area contributed by atoms with E-state index in [4.69, 9.17) is 9.47 Å². The number of nitrogens with zero attached hydrogens (tertiary/aromatic N) is 1. The van der Waals surface area contributed by atoms with Gasteiger partial charge in [-0.3, -0.25) is 4.79 Å². The van der Waals surface area contributed by atoms with Gasteiger partial charge in [0.2, 0.25) is 0 Å². The highest BCUT2D eigenvalue weighted by Crippen LogP contribution is 2.24. The van der Waals surface area contributed by atoms with E-state index in [-0.39, 0.29) is 5.91 Å². The van der Waals surface area contributed by atoms with Crippen molar-refractivity contribution in [1.82, 2.24) is 4.90 Å². The van der Waals surface area contributed by atoms with Crippen LogP contribution in [0.15, 0.2) is 24.3 Å². The van der Waals surface area contributed by atoms with Crippen molar-refractivity contribution >= 4 is 11.6 Å². The van der Waals surface area contributed by atoms with Crippen molar-refractivity contribution in [3.63, 3.8) is 0 Å². The van der Waals surface area contributed by atoms with Crippen molar-refractivity contribution in [1.29, 1.82) is 0 Å². The first kappa shape index (κ1) is 23.7. The fourth-order valence-electron chi connectivity index (χ4n) is 4.18. The molecule has 0 saturated carbocycles. The van der Waals surface area contributed by atoms with Gasteiger partial charge in [-0.2, -0.15) is 0 Å². The van der Waals surface area contributed by atoms with E-state index in [0.717, 1.165) is 30.3 Å². The second-order valence-corrected chi connectivity index (χ2v) is 8.99. The summed E-state index contributed by atoms with van der Waals surface area (Å²) in [5, 5.41) is 2.99. The summed E-state index contributed by atoms with van der Waals surface area (Å²) in [7, 11) is 0. The zero-order valence-electron chi connectivity index (χ0n) is 19.0. The Morgan fingerprint density at radius 1 is 1.31 bits per heavy atom. The number of anilines is 1. The van der Waals surface area contributed by atoms with Crippen LogP contribution < -0.4 is 10.1 Å². The number of likely N-dealkylation sites (tertiary alicyclic amines) is 1. The van der Waals surface area contributed by atoms with E-state index in [0.29, 0.717) is 25.6 Å². The zero-order chi connectivity index (χ0) is 21.3. The first-order chi connectivity index (χ1) is 13.8. The number of carbonyl (C=O) groups is 1. The van der Waals surface area contributed by atoms with Crippen LogP contribution in [0.5, 0.6) is 5.75 Å². The molecule has 5 heteroatoms. The summed E-state index contributed by atoms with van der Waals surface area (Å²) in [6.07, 6.45) is 4.39. The Morgan fingerprint density at radius 3 is 2.66 bits per heavy atom. The average Bonchev–Trinajstić information content (AvgIpc) is 2.66. The van der Waals surface area contributed by atoms with Crippen molar-refractivity contribution in [3.05, 3.63) is 24.3 Å². The predicted molar refractivity (Wildman–Crippen MR) is 120 cm³/mol. The Bertz CT molecular complexity index is 617. The highest BCUT2D eigenvalue weighted by atomic mass is 16.5. The van der Waals surface area contributed by atoms with E-state index in [1.54, 1.807) is 0 Å². The lowest BCUT2D eigenvalue weighted by Gasteiger charge is -2.30. The molecule has 1 saturated heterocycles. The molecule has 0 aliphatic carbocycles. The van der Waals surface area contributed by atoms with Gasteiger partial charge in [0.25, 0.3) is 5.91 Å². The van der Waals surface area contributed by atoms with Crippen molar-refractivity contribution in [3.8, 4) is 5.75 Å². The highest BCUT2D eigenvalue weighted by molar-refractivity contribution is 5.97. The number of carbonyl (C=O) groups excluding carboxylic acids is 1. The number of hydrogen-bond donors (Lipinski definition) is 1. The summed E-state index contributed by atoms with van der Waals surface area (Å²) < 4.78 is 11.7. The Labute approximate surface area is 177 Å². The molecule has 1 aromatic rings. The summed E-state index contributed by atoms with van der Waals surface area (Å²) in [5.41, 5.74) is -0.0522. The maximum Gasteiger partial charge on any atom is 0.256 e. The van der Waals surface area contributed by atoms with Gasteiger partial charge in [-0.25, -0.2) is 0 Å². The predicted octanol–water partition coefficient (Wildman–Crippen LogP) is 4.97. The molecule has 1 aromatic carbocycles. The number of benzene rings is 1. The summed E-state index contributed by atoms with van der Waals surface area (Å²) in [6.45, 7) is 15.1. The number of rotatable bonds is 11. The molecule has 164 valence electrons. The monoisotopic (exact) mass is 404 g/mol. The molecule has 0 spiro atoms. The molecule has 29 heavy (non-hydrogen) atoms. The minimum Gasteiger partial charge on any atom is -0.494 e. The molecule has 1 heterocycles. The van der Waals surface area contributed by atoms with Crippen LogP contribution in [-0.2, 0) is 9.53 Å². The summed E-state index contributed by atoms with van der Waals surface area (Å²) >= 11 is 0. The molecule has 2 atom stereocenters. The lowest BCUT2D eigenvalue weighted by atomic mass is 9.93. The molecule has 1 aliphatic rings. The van der Waals surface area contributed by atoms with Gasteiger partial charge in [-0.05, 0) is 82.2 Å². The van der Waals surface area contributed by atoms with Crippen LogP contribution in [0, 0.1) is 11.8 Å². The number of piperidine rings is 1.